The van der Waals surface area contributed by atoms with Gasteiger partial charge in [0.25, 0.3) is 0 Å². The van der Waals surface area contributed by atoms with E-state index in [-0.39, 0.29) is 11.2 Å². The fourth-order valence-electron chi connectivity index (χ4n) is 2.09. The van der Waals surface area contributed by atoms with Crippen LogP contribution < -0.4 is 11.1 Å². The number of nitrogens with one attached hydrogen (secondary N) is 1. The minimum Gasteiger partial charge on any atom is -0.408 e. The Balaban J connectivity index is 2.35. The van der Waals surface area contributed by atoms with E-state index in [0.29, 0.717) is 18.7 Å². The summed E-state index contributed by atoms with van der Waals surface area (Å²) in [5.74, 6) is -0.354. The second kappa shape index (κ2) is 4.90. The molecule has 1 aromatic heterocycles. The molecule has 0 fully saturated rings. The summed E-state index contributed by atoms with van der Waals surface area (Å²) in [5, 5.41) is 11.6. The quantitative estimate of drug-likeness (QED) is 0.667. The van der Waals surface area contributed by atoms with E-state index in [1.807, 2.05) is 18.2 Å². The monoisotopic (exact) mass is 259 g/mol. The number of nitriles is 1. The first-order valence-electron chi connectivity index (χ1n) is 6.13. The predicted octanol–water partition coefficient (Wildman–Crippen LogP) is 1.52. The summed E-state index contributed by atoms with van der Waals surface area (Å²) in [6, 6.07) is 7.83. The largest absolute Gasteiger partial charge is 0.419 e. The van der Waals surface area contributed by atoms with Crippen LogP contribution in [0.4, 0.5) is 0 Å². The van der Waals surface area contributed by atoms with Crippen molar-refractivity contribution in [2.45, 2.75) is 19.3 Å². The zero-order chi connectivity index (χ0) is 14.0. The van der Waals surface area contributed by atoms with Crippen LogP contribution in [0.1, 0.15) is 19.4 Å². The second-order valence-electron chi connectivity index (χ2n) is 5.26. The zero-order valence-electron chi connectivity index (χ0n) is 11.4. The molecule has 0 aliphatic rings. The van der Waals surface area contributed by atoms with Gasteiger partial charge < -0.3 is 9.73 Å². The SMILES string of the molecule is Cn1c(=O)oc2cc(C(C)(C)CNCC#N)ccc21. The highest BCUT2D eigenvalue weighted by Crippen LogP contribution is 2.25. The topological polar surface area (TPSA) is 71.0 Å². The first kappa shape index (κ1) is 13.4. The molecule has 5 nitrogen and oxygen atoms in total. The number of benzene rings is 1. The van der Waals surface area contributed by atoms with Gasteiger partial charge >= 0.3 is 5.76 Å². The van der Waals surface area contributed by atoms with E-state index in [1.54, 1.807) is 7.05 Å². The lowest BCUT2D eigenvalue weighted by atomic mass is 9.84. The van der Waals surface area contributed by atoms with Gasteiger partial charge in [0.15, 0.2) is 5.58 Å². The molecule has 2 rings (SSSR count). The highest BCUT2D eigenvalue weighted by molar-refractivity contribution is 5.74. The first-order chi connectivity index (χ1) is 8.95. The minimum atomic E-state index is -0.354. The van der Waals surface area contributed by atoms with Crippen LogP contribution >= 0.6 is 0 Å². The van der Waals surface area contributed by atoms with Crippen molar-refractivity contribution in [3.05, 3.63) is 34.3 Å². The molecule has 100 valence electrons. The van der Waals surface area contributed by atoms with Crippen LogP contribution in [0.15, 0.2) is 27.4 Å². The maximum Gasteiger partial charge on any atom is 0.419 e. The van der Waals surface area contributed by atoms with Crippen molar-refractivity contribution in [3.63, 3.8) is 0 Å². The Labute approximate surface area is 111 Å². The number of hydrogen-bond donors (Lipinski definition) is 1. The average Bonchev–Trinajstić information content (AvgIpc) is 2.65. The predicted molar refractivity (Wildman–Crippen MR) is 73.0 cm³/mol. The molecule has 5 heteroatoms. The van der Waals surface area contributed by atoms with Gasteiger partial charge in [0.1, 0.15) is 0 Å². The van der Waals surface area contributed by atoms with Crippen molar-refractivity contribution in [2.75, 3.05) is 13.1 Å². The van der Waals surface area contributed by atoms with Crippen LogP contribution in [0.2, 0.25) is 0 Å². The van der Waals surface area contributed by atoms with Gasteiger partial charge in [-0.15, -0.1) is 0 Å². The molecule has 0 saturated carbocycles. The lowest BCUT2D eigenvalue weighted by molar-refractivity contribution is 0.483. The molecule has 0 unspecified atom stereocenters. The highest BCUT2D eigenvalue weighted by atomic mass is 16.4. The van der Waals surface area contributed by atoms with Crippen molar-refractivity contribution in [1.29, 1.82) is 5.26 Å². The van der Waals surface area contributed by atoms with Gasteiger partial charge in [0.05, 0.1) is 18.1 Å². The van der Waals surface area contributed by atoms with Gasteiger partial charge in [0, 0.05) is 19.0 Å². The second-order valence-corrected chi connectivity index (χ2v) is 5.26. The molecule has 0 saturated heterocycles. The molecule has 19 heavy (non-hydrogen) atoms. The summed E-state index contributed by atoms with van der Waals surface area (Å²) in [6.45, 7) is 5.18. The average molecular weight is 259 g/mol. The minimum absolute atomic E-state index is 0.139. The third-order valence-electron chi connectivity index (χ3n) is 3.34. The number of fused-ring (bicyclic) bond motifs is 1. The van der Waals surface area contributed by atoms with Gasteiger partial charge in [-0.3, -0.25) is 4.57 Å². The Hall–Kier alpha value is -2.06. The van der Waals surface area contributed by atoms with Crippen LogP contribution in [0.25, 0.3) is 11.1 Å². The van der Waals surface area contributed by atoms with E-state index in [0.717, 1.165) is 11.1 Å². The summed E-state index contributed by atoms with van der Waals surface area (Å²) in [6.07, 6.45) is 0. The van der Waals surface area contributed by atoms with Crippen molar-refractivity contribution in [2.24, 2.45) is 7.05 Å². The van der Waals surface area contributed by atoms with E-state index in [2.05, 4.69) is 25.2 Å². The van der Waals surface area contributed by atoms with Gasteiger partial charge in [-0.05, 0) is 17.7 Å². The number of nitrogens with zero attached hydrogens (tertiary/aromatic N) is 2. The molecule has 0 spiro atoms. The maximum atomic E-state index is 11.5. The van der Waals surface area contributed by atoms with Crippen LogP contribution in [0.5, 0.6) is 0 Å². The molecular formula is C14H17N3O2. The van der Waals surface area contributed by atoms with E-state index in [4.69, 9.17) is 9.68 Å². The fourth-order valence-corrected chi connectivity index (χ4v) is 2.09. The van der Waals surface area contributed by atoms with Gasteiger partial charge in [-0.2, -0.15) is 5.26 Å². The normalized spacial score (nSPS) is 11.7. The Bertz CT molecular complexity index is 689. The van der Waals surface area contributed by atoms with E-state index >= 15 is 0 Å². The van der Waals surface area contributed by atoms with Crippen LogP contribution in [0, 0.1) is 11.3 Å². The van der Waals surface area contributed by atoms with E-state index in [9.17, 15) is 4.79 Å². The van der Waals surface area contributed by atoms with Crippen LogP contribution in [0.3, 0.4) is 0 Å². The molecular weight excluding hydrogens is 242 g/mol. The molecule has 0 bridgehead atoms. The number of aromatic nitrogens is 1. The summed E-state index contributed by atoms with van der Waals surface area (Å²) < 4.78 is 6.68. The summed E-state index contributed by atoms with van der Waals surface area (Å²) in [5.41, 5.74) is 2.31. The smallest absolute Gasteiger partial charge is 0.408 e. The standard InChI is InChI=1S/C14H17N3O2/c1-14(2,9-16-7-6-15)10-4-5-11-12(8-10)19-13(18)17(11)3/h4-5,8,16H,7,9H2,1-3H3. The molecule has 0 amide bonds. The van der Waals surface area contributed by atoms with Crippen LogP contribution in [-0.4, -0.2) is 17.7 Å². The Morgan fingerprint density at radius 2 is 2.21 bits per heavy atom. The van der Waals surface area contributed by atoms with Crippen LogP contribution in [-0.2, 0) is 12.5 Å². The van der Waals surface area contributed by atoms with Crippen molar-refractivity contribution in [1.82, 2.24) is 9.88 Å². The summed E-state index contributed by atoms with van der Waals surface area (Å²) >= 11 is 0. The number of hydrogen-bond acceptors (Lipinski definition) is 4. The molecule has 1 aromatic carbocycles. The summed E-state index contributed by atoms with van der Waals surface area (Å²) in [7, 11) is 1.69. The van der Waals surface area contributed by atoms with Crippen molar-refractivity contribution in [3.8, 4) is 6.07 Å². The number of rotatable bonds is 4. The molecule has 0 aliphatic carbocycles. The Morgan fingerprint density at radius 3 is 2.89 bits per heavy atom. The lowest BCUT2D eigenvalue weighted by Gasteiger charge is -2.25. The molecule has 0 atom stereocenters. The summed E-state index contributed by atoms with van der Waals surface area (Å²) in [4.78, 5) is 11.5. The third kappa shape index (κ3) is 2.54. The zero-order valence-corrected chi connectivity index (χ0v) is 11.4. The molecule has 0 radical (unpaired) electrons. The van der Waals surface area contributed by atoms with Crippen molar-refractivity contribution < 1.29 is 4.42 Å². The number of aryl methyl sites for hydroxylation is 1. The molecule has 1 N–H and O–H groups in total. The van der Waals surface area contributed by atoms with E-state index < -0.39 is 0 Å². The molecule has 0 aliphatic heterocycles. The Kier molecular flexibility index (Phi) is 3.45. The third-order valence-corrected chi connectivity index (χ3v) is 3.34. The first-order valence-corrected chi connectivity index (χ1v) is 6.13. The maximum absolute atomic E-state index is 11.5. The van der Waals surface area contributed by atoms with E-state index in [1.165, 1.54) is 4.57 Å². The molecule has 1 heterocycles. The highest BCUT2D eigenvalue weighted by Gasteiger charge is 2.21. The fraction of sp³-hybridized carbons (Fsp3) is 0.429. The van der Waals surface area contributed by atoms with Gasteiger partial charge in [-0.1, -0.05) is 19.9 Å². The van der Waals surface area contributed by atoms with Gasteiger partial charge in [-0.25, -0.2) is 4.79 Å². The number of oxazole rings is 1. The van der Waals surface area contributed by atoms with Crippen molar-refractivity contribution >= 4 is 11.1 Å². The molecule has 2 aromatic rings. The van der Waals surface area contributed by atoms with Gasteiger partial charge in [0.2, 0.25) is 0 Å². The Morgan fingerprint density at radius 1 is 1.47 bits per heavy atom. The lowest BCUT2D eigenvalue weighted by Crippen LogP contribution is -2.33.